The Kier molecular flexibility index (Phi) is 6.49. The number of nitro groups is 1. The summed E-state index contributed by atoms with van der Waals surface area (Å²) in [6.07, 6.45) is 3.01. The van der Waals surface area contributed by atoms with Crippen LogP contribution in [0.3, 0.4) is 0 Å². The van der Waals surface area contributed by atoms with E-state index in [4.69, 9.17) is 27.9 Å². The zero-order chi connectivity index (χ0) is 22.5. The molecule has 0 aliphatic rings. The minimum atomic E-state index is -0.521. The van der Waals surface area contributed by atoms with Crippen LogP contribution in [0.25, 0.3) is 10.8 Å². The number of fused-ring (bicyclic) bond motifs is 1. The van der Waals surface area contributed by atoms with Crippen molar-refractivity contribution in [2.45, 2.75) is 6.61 Å². The normalized spacial score (nSPS) is 11.1. The molecule has 0 amide bonds. The predicted octanol–water partition coefficient (Wildman–Crippen LogP) is 6.47. The molecule has 160 valence electrons. The number of anilines is 1. The number of aromatic nitrogens is 1. The minimum Gasteiger partial charge on any atom is -0.488 e. The van der Waals surface area contributed by atoms with Gasteiger partial charge in [-0.2, -0.15) is 5.10 Å². The van der Waals surface area contributed by atoms with Gasteiger partial charge in [-0.3, -0.25) is 15.5 Å². The first-order chi connectivity index (χ1) is 15.5. The number of hydrogen-bond donors (Lipinski definition) is 1. The SMILES string of the molecule is O=[N+]([O-])c1cccnc1N/N=C\c1c(OCc2ccc(Cl)cc2Cl)ccc2ccccc12. The molecular weight excluding hydrogens is 451 g/mol. The van der Waals surface area contributed by atoms with Gasteiger partial charge in [0.05, 0.1) is 11.1 Å². The molecule has 0 spiro atoms. The lowest BCUT2D eigenvalue weighted by atomic mass is 10.0. The van der Waals surface area contributed by atoms with E-state index < -0.39 is 4.92 Å². The molecule has 1 N–H and O–H groups in total. The first-order valence-corrected chi connectivity index (χ1v) is 10.3. The van der Waals surface area contributed by atoms with Crippen molar-refractivity contribution < 1.29 is 9.66 Å². The average molecular weight is 467 g/mol. The second-order valence-corrected chi connectivity index (χ2v) is 7.56. The van der Waals surface area contributed by atoms with Crippen LogP contribution >= 0.6 is 23.2 Å². The molecule has 0 unspecified atom stereocenters. The molecule has 0 radical (unpaired) electrons. The second kappa shape index (κ2) is 9.64. The van der Waals surface area contributed by atoms with Gasteiger partial charge in [0.1, 0.15) is 12.4 Å². The van der Waals surface area contributed by atoms with Crippen LogP contribution in [0, 0.1) is 10.1 Å². The number of pyridine rings is 1. The highest BCUT2D eigenvalue weighted by Gasteiger charge is 2.14. The van der Waals surface area contributed by atoms with Crippen molar-refractivity contribution in [2.75, 3.05) is 5.43 Å². The molecule has 7 nitrogen and oxygen atoms in total. The van der Waals surface area contributed by atoms with Crippen LogP contribution in [-0.2, 0) is 6.61 Å². The third-order valence-electron chi connectivity index (χ3n) is 4.68. The number of nitrogens with one attached hydrogen (secondary N) is 1. The molecule has 9 heteroatoms. The summed E-state index contributed by atoms with van der Waals surface area (Å²) in [6, 6.07) is 19.6. The number of benzene rings is 3. The summed E-state index contributed by atoms with van der Waals surface area (Å²) in [5.74, 6) is 0.625. The van der Waals surface area contributed by atoms with Crippen molar-refractivity contribution in [1.29, 1.82) is 0 Å². The number of hydrogen-bond acceptors (Lipinski definition) is 6. The van der Waals surface area contributed by atoms with Crippen LogP contribution in [0.2, 0.25) is 10.0 Å². The number of nitrogens with zero attached hydrogens (tertiary/aromatic N) is 3. The highest BCUT2D eigenvalue weighted by atomic mass is 35.5. The van der Waals surface area contributed by atoms with E-state index in [0.717, 1.165) is 16.3 Å². The van der Waals surface area contributed by atoms with E-state index in [1.807, 2.05) is 36.4 Å². The van der Waals surface area contributed by atoms with E-state index >= 15 is 0 Å². The summed E-state index contributed by atoms with van der Waals surface area (Å²) in [4.78, 5) is 14.7. The Labute approximate surface area is 193 Å². The van der Waals surface area contributed by atoms with E-state index in [1.165, 1.54) is 18.3 Å². The summed E-state index contributed by atoms with van der Waals surface area (Å²) in [6.45, 7) is 0.230. The first-order valence-electron chi connectivity index (χ1n) is 9.50. The van der Waals surface area contributed by atoms with Gasteiger partial charge >= 0.3 is 5.69 Å². The molecule has 0 aliphatic heterocycles. The van der Waals surface area contributed by atoms with Crippen LogP contribution in [0.1, 0.15) is 11.1 Å². The maximum Gasteiger partial charge on any atom is 0.313 e. The first kappa shape index (κ1) is 21.5. The van der Waals surface area contributed by atoms with Crippen molar-refractivity contribution in [3.8, 4) is 5.75 Å². The summed E-state index contributed by atoms with van der Waals surface area (Å²) >= 11 is 12.2. The maximum atomic E-state index is 11.2. The van der Waals surface area contributed by atoms with Crippen LogP contribution < -0.4 is 10.2 Å². The van der Waals surface area contributed by atoms with Gasteiger partial charge < -0.3 is 4.74 Å². The zero-order valence-corrected chi connectivity index (χ0v) is 18.0. The Balaban J connectivity index is 1.64. The molecule has 0 bridgehead atoms. The fourth-order valence-electron chi connectivity index (χ4n) is 3.12. The lowest BCUT2D eigenvalue weighted by molar-refractivity contribution is -0.384. The van der Waals surface area contributed by atoms with Crippen LogP contribution in [0.5, 0.6) is 5.75 Å². The van der Waals surface area contributed by atoms with Gasteiger partial charge in [-0.15, -0.1) is 0 Å². The van der Waals surface area contributed by atoms with Gasteiger partial charge in [0.15, 0.2) is 0 Å². The molecule has 1 aromatic heterocycles. The Morgan fingerprint density at radius 1 is 1.09 bits per heavy atom. The molecule has 0 saturated carbocycles. The summed E-state index contributed by atoms with van der Waals surface area (Å²) in [5, 5.41) is 18.3. The average Bonchev–Trinajstić information content (AvgIpc) is 2.79. The largest absolute Gasteiger partial charge is 0.488 e. The molecule has 3 aromatic carbocycles. The molecular formula is C23H16Cl2N4O3. The predicted molar refractivity (Wildman–Crippen MR) is 127 cm³/mol. The van der Waals surface area contributed by atoms with Gasteiger partial charge in [0, 0.05) is 33.4 Å². The van der Waals surface area contributed by atoms with Crippen molar-refractivity contribution in [3.63, 3.8) is 0 Å². The fraction of sp³-hybridized carbons (Fsp3) is 0.0435. The zero-order valence-electron chi connectivity index (χ0n) is 16.5. The third kappa shape index (κ3) is 4.80. The van der Waals surface area contributed by atoms with Gasteiger partial charge in [0.25, 0.3) is 0 Å². The van der Waals surface area contributed by atoms with Crippen LogP contribution in [0.4, 0.5) is 11.5 Å². The molecule has 0 fully saturated rings. The van der Waals surface area contributed by atoms with Gasteiger partial charge in [0.2, 0.25) is 5.82 Å². The van der Waals surface area contributed by atoms with Crippen molar-refractivity contribution >= 4 is 51.7 Å². The molecule has 0 atom stereocenters. The van der Waals surface area contributed by atoms with E-state index in [-0.39, 0.29) is 18.1 Å². The molecule has 4 aromatic rings. The molecule has 1 heterocycles. The van der Waals surface area contributed by atoms with Gasteiger partial charge in [-0.25, -0.2) is 4.98 Å². The molecule has 32 heavy (non-hydrogen) atoms. The van der Waals surface area contributed by atoms with Crippen molar-refractivity contribution in [1.82, 2.24) is 4.98 Å². The van der Waals surface area contributed by atoms with E-state index in [1.54, 1.807) is 24.4 Å². The second-order valence-electron chi connectivity index (χ2n) is 6.72. The summed E-state index contributed by atoms with van der Waals surface area (Å²) in [5.41, 5.74) is 3.97. The number of halogens is 2. The number of hydrazone groups is 1. The monoisotopic (exact) mass is 466 g/mol. The van der Waals surface area contributed by atoms with Crippen molar-refractivity contribution in [2.24, 2.45) is 5.10 Å². The lowest BCUT2D eigenvalue weighted by Crippen LogP contribution is -2.02. The lowest BCUT2D eigenvalue weighted by Gasteiger charge is -2.13. The molecule has 0 aliphatic carbocycles. The Hall–Kier alpha value is -3.68. The van der Waals surface area contributed by atoms with Gasteiger partial charge in [-0.1, -0.05) is 59.6 Å². The Morgan fingerprint density at radius 2 is 1.94 bits per heavy atom. The standard InChI is InChI=1S/C23H16Cl2N4O3/c24-17-9-7-16(20(25)12-17)14-32-22-10-8-15-4-1-2-5-18(15)19(22)13-27-28-23-21(29(30)31)6-3-11-26-23/h1-13H,14H2,(H,26,28)/b27-13-. The smallest absolute Gasteiger partial charge is 0.313 e. The summed E-state index contributed by atoms with van der Waals surface area (Å²) in [7, 11) is 0. The van der Waals surface area contributed by atoms with Gasteiger partial charge in [-0.05, 0) is 35.0 Å². The highest BCUT2D eigenvalue weighted by Crippen LogP contribution is 2.29. The highest BCUT2D eigenvalue weighted by molar-refractivity contribution is 6.35. The van der Waals surface area contributed by atoms with Crippen LogP contribution in [0.15, 0.2) is 78.0 Å². The maximum absolute atomic E-state index is 11.2. The van der Waals surface area contributed by atoms with E-state index in [0.29, 0.717) is 21.4 Å². The number of rotatable bonds is 7. The molecule has 4 rings (SSSR count). The van der Waals surface area contributed by atoms with Crippen LogP contribution in [-0.4, -0.2) is 16.1 Å². The van der Waals surface area contributed by atoms with Crippen molar-refractivity contribution in [3.05, 3.63) is 104 Å². The Bertz CT molecular complexity index is 1330. The Morgan fingerprint density at radius 3 is 2.75 bits per heavy atom. The minimum absolute atomic E-state index is 0.0457. The quantitative estimate of drug-likeness (QED) is 0.191. The number of ether oxygens (including phenoxy) is 1. The summed E-state index contributed by atoms with van der Waals surface area (Å²) < 4.78 is 6.05. The third-order valence-corrected chi connectivity index (χ3v) is 5.26. The molecule has 0 saturated heterocycles. The van der Waals surface area contributed by atoms with E-state index in [2.05, 4.69) is 15.5 Å². The topological polar surface area (TPSA) is 89.7 Å². The fourth-order valence-corrected chi connectivity index (χ4v) is 3.58. The van der Waals surface area contributed by atoms with E-state index in [9.17, 15) is 10.1 Å².